The number of hydrogen-bond donors (Lipinski definition) is 2. The number of hydrogen-bond acceptors (Lipinski definition) is 6. The maximum Gasteiger partial charge on any atom is 0.306 e. The van der Waals surface area contributed by atoms with Crippen molar-refractivity contribution in [1.82, 2.24) is 0 Å². The Morgan fingerprint density at radius 2 is 2.12 bits per heavy atom. The molecule has 1 aromatic carbocycles. The van der Waals surface area contributed by atoms with Crippen molar-refractivity contribution in [3.8, 4) is 5.75 Å². The van der Waals surface area contributed by atoms with Crippen molar-refractivity contribution >= 4 is 5.97 Å². The molecule has 6 nitrogen and oxygen atoms in total. The highest BCUT2D eigenvalue weighted by atomic mass is 16.5. The molecule has 2 aliphatic rings. The molecule has 1 aliphatic heterocycles. The molecule has 6 heteroatoms. The summed E-state index contributed by atoms with van der Waals surface area (Å²) in [6.45, 7) is 6.47. The summed E-state index contributed by atoms with van der Waals surface area (Å²) < 4.78 is 17.0. The summed E-state index contributed by atoms with van der Waals surface area (Å²) in [5.74, 6) is 0.737. The average Bonchev–Trinajstić information content (AvgIpc) is 2.94. The number of aliphatic hydroxyl groups excluding tert-OH is 2. The number of aliphatic hydroxyl groups is 2. The van der Waals surface area contributed by atoms with Crippen LogP contribution in [0.5, 0.6) is 5.75 Å². The van der Waals surface area contributed by atoms with Gasteiger partial charge in [-0.25, -0.2) is 0 Å². The summed E-state index contributed by atoms with van der Waals surface area (Å²) in [7, 11) is 0. The lowest BCUT2D eigenvalue weighted by atomic mass is 9.89. The van der Waals surface area contributed by atoms with Crippen LogP contribution in [-0.4, -0.2) is 53.8 Å². The molecule has 1 heterocycles. The molecule has 1 saturated carbocycles. The Labute approximate surface area is 203 Å². The Kier molecular flexibility index (Phi) is 10.2. The lowest BCUT2D eigenvalue weighted by Gasteiger charge is -2.20. The first kappa shape index (κ1) is 26.5. The van der Waals surface area contributed by atoms with E-state index in [0.29, 0.717) is 19.4 Å². The molecule has 0 radical (unpaired) electrons. The second-order valence-electron chi connectivity index (χ2n) is 9.82. The minimum atomic E-state index is -0.744. The minimum absolute atomic E-state index is 0.0140. The molecule has 188 valence electrons. The van der Waals surface area contributed by atoms with Crippen molar-refractivity contribution in [3.05, 3.63) is 53.6 Å². The molecule has 0 saturated heterocycles. The van der Waals surface area contributed by atoms with Gasteiger partial charge in [0.2, 0.25) is 0 Å². The zero-order valence-corrected chi connectivity index (χ0v) is 20.7. The van der Waals surface area contributed by atoms with E-state index in [1.807, 2.05) is 51.1 Å². The van der Waals surface area contributed by atoms with E-state index >= 15 is 0 Å². The van der Waals surface area contributed by atoms with Gasteiger partial charge in [-0.05, 0) is 75.6 Å². The van der Waals surface area contributed by atoms with E-state index < -0.39 is 12.2 Å². The zero-order chi connectivity index (χ0) is 24.5. The maximum atomic E-state index is 11.7. The van der Waals surface area contributed by atoms with Crippen molar-refractivity contribution in [1.29, 1.82) is 0 Å². The highest BCUT2D eigenvalue weighted by Crippen LogP contribution is 2.40. The van der Waals surface area contributed by atoms with E-state index in [2.05, 4.69) is 6.08 Å². The molecule has 0 bridgehead atoms. The highest BCUT2D eigenvalue weighted by molar-refractivity contribution is 5.69. The second kappa shape index (κ2) is 13.1. The SMILES string of the molecule is Cc1cccc(OC[C@H](O)C=C[C@@H]2[C@H]3CC=C(CCCCC(=O)OC(C)C)CO[C@H]3C[C@H]2O)c1. The van der Waals surface area contributed by atoms with Gasteiger partial charge in [-0.2, -0.15) is 0 Å². The predicted molar refractivity (Wildman–Crippen MR) is 132 cm³/mol. The van der Waals surface area contributed by atoms with E-state index in [9.17, 15) is 15.0 Å². The van der Waals surface area contributed by atoms with E-state index in [1.165, 1.54) is 5.57 Å². The van der Waals surface area contributed by atoms with E-state index in [-0.39, 0.29) is 36.6 Å². The van der Waals surface area contributed by atoms with Crippen LogP contribution in [0.3, 0.4) is 0 Å². The highest BCUT2D eigenvalue weighted by Gasteiger charge is 2.42. The van der Waals surface area contributed by atoms with Crippen molar-refractivity contribution in [3.63, 3.8) is 0 Å². The molecule has 1 aromatic rings. The van der Waals surface area contributed by atoms with Crippen LogP contribution < -0.4 is 4.74 Å². The number of unbranched alkanes of at least 4 members (excludes halogenated alkanes) is 1. The fourth-order valence-corrected chi connectivity index (χ4v) is 4.77. The summed E-state index contributed by atoms with van der Waals surface area (Å²) in [5.41, 5.74) is 2.37. The summed E-state index contributed by atoms with van der Waals surface area (Å²) in [6, 6.07) is 7.74. The number of carbonyl (C=O) groups excluding carboxylic acids is 1. The number of fused-ring (bicyclic) bond motifs is 1. The molecule has 34 heavy (non-hydrogen) atoms. The fourth-order valence-electron chi connectivity index (χ4n) is 4.77. The quantitative estimate of drug-likeness (QED) is 0.280. The molecule has 0 unspecified atom stereocenters. The molecule has 5 atom stereocenters. The van der Waals surface area contributed by atoms with Gasteiger partial charge >= 0.3 is 5.97 Å². The largest absolute Gasteiger partial charge is 0.491 e. The number of rotatable bonds is 11. The van der Waals surface area contributed by atoms with Gasteiger partial charge in [0.25, 0.3) is 0 Å². The number of ether oxygens (including phenoxy) is 3. The summed E-state index contributed by atoms with van der Waals surface area (Å²) in [5, 5.41) is 21.0. The third-order valence-corrected chi connectivity index (χ3v) is 6.51. The van der Waals surface area contributed by atoms with Crippen LogP contribution in [0.25, 0.3) is 0 Å². The standard InChI is InChI=1S/C28H40O6/c1-19(2)34-28(31)10-5-4-8-21-11-13-25-24(26(30)16-27(25)33-17-21)14-12-22(29)18-32-23-9-6-7-20(3)15-23/h6-7,9,11-12,14-15,19,22,24-27,29-30H,4-5,8,10,13,16-18H2,1-3H3/t22-,24-,25-,26-,27+/m1/s1. The van der Waals surface area contributed by atoms with E-state index in [4.69, 9.17) is 14.2 Å². The second-order valence-corrected chi connectivity index (χ2v) is 9.82. The van der Waals surface area contributed by atoms with E-state index in [0.717, 1.165) is 37.0 Å². The Morgan fingerprint density at radius 3 is 2.88 bits per heavy atom. The van der Waals surface area contributed by atoms with E-state index in [1.54, 1.807) is 6.08 Å². The van der Waals surface area contributed by atoms with Gasteiger partial charge in [0.15, 0.2) is 0 Å². The Balaban J connectivity index is 1.46. The molecule has 3 rings (SSSR count). The molecule has 0 aromatic heterocycles. The lowest BCUT2D eigenvalue weighted by Crippen LogP contribution is -2.22. The van der Waals surface area contributed by atoms with Crippen molar-refractivity contribution < 1.29 is 29.2 Å². The molecular weight excluding hydrogens is 432 g/mol. The summed E-state index contributed by atoms with van der Waals surface area (Å²) in [4.78, 5) is 11.7. The van der Waals surface area contributed by atoms with Crippen molar-refractivity contribution in [2.45, 2.75) is 83.7 Å². The lowest BCUT2D eigenvalue weighted by molar-refractivity contribution is -0.147. The van der Waals surface area contributed by atoms with Gasteiger partial charge in [-0.3, -0.25) is 4.79 Å². The fraction of sp³-hybridized carbons (Fsp3) is 0.607. The topological polar surface area (TPSA) is 85.2 Å². The van der Waals surface area contributed by atoms with Crippen LogP contribution in [0, 0.1) is 18.8 Å². The molecule has 0 spiro atoms. The number of carbonyl (C=O) groups is 1. The molecule has 0 amide bonds. The third-order valence-electron chi connectivity index (χ3n) is 6.51. The van der Waals surface area contributed by atoms with Gasteiger partial charge in [0.05, 0.1) is 24.9 Å². The summed E-state index contributed by atoms with van der Waals surface area (Å²) >= 11 is 0. The first-order chi connectivity index (χ1) is 16.3. The number of aryl methyl sites for hydroxylation is 1. The first-order valence-corrected chi connectivity index (χ1v) is 12.5. The first-order valence-electron chi connectivity index (χ1n) is 12.5. The van der Waals surface area contributed by atoms with Gasteiger partial charge in [-0.15, -0.1) is 0 Å². The molecule has 2 N–H and O–H groups in total. The minimum Gasteiger partial charge on any atom is -0.491 e. The van der Waals surface area contributed by atoms with Crippen LogP contribution in [0.4, 0.5) is 0 Å². The normalized spacial score (nSPS) is 25.6. The Morgan fingerprint density at radius 1 is 1.29 bits per heavy atom. The zero-order valence-electron chi connectivity index (χ0n) is 20.7. The van der Waals surface area contributed by atoms with Gasteiger partial charge in [-0.1, -0.05) is 30.4 Å². The van der Waals surface area contributed by atoms with Crippen molar-refractivity contribution in [2.24, 2.45) is 11.8 Å². The third kappa shape index (κ3) is 8.26. The van der Waals surface area contributed by atoms with Crippen LogP contribution in [0.15, 0.2) is 48.1 Å². The van der Waals surface area contributed by atoms with Crippen LogP contribution >= 0.6 is 0 Å². The molecule has 1 aliphatic carbocycles. The maximum absolute atomic E-state index is 11.7. The Bertz CT molecular complexity index is 845. The average molecular weight is 473 g/mol. The summed E-state index contributed by atoms with van der Waals surface area (Å²) in [6.07, 6.45) is 9.19. The van der Waals surface area contributed by atoms with Crippen LogP contribution in [0.1, 0.15) is 57.9 Å². The smallest absolute Gasteiger partial charge is 0.306 e. The molecule has 1 fully saturated rings. The number of allylic oxidation sites excluding steroid dienone is 1. The predicted octanol–water partition coefficient (Wildman–Crippen LogP) is 4.52. The molecular formula is C28H40O6. The van der Waals surface area contributed by atoms with Gasteiger partial charge in [0, 0.05) is 18.8 Å². The van der Waals surface area contributed by atoms with Gasteiger partial charge in [0.1, 0.15) is 18.5 Å². The number of benzene rings is 1. The van der Waals surface area contributed by atoms with Crippen LogP contribution in [0.2, 0.25) is 0 Å². The van der Waals surface area contributed by atoms with Gasteiger partial charge < -0.3 is 24.4 Å². The Hall–Kier alpha value is -2.15. The monoisotopic (exact) mass is 472 g/mol. The number of esters is 1. The van der Waals surface area contributed by atoms with Crippen LogP contribution in [-0.2, 0) is 14.3 Å². The van der Waals surface area contributed by atoms with Crippen molar-refractivity contribution in [2.75, 3.05) is 13.2 Å².